The first kappa shape index (κ1) is 17.8. The van der Waals surface area contributed by atoms with E-state index in [0.717, 1.165) is 24.7 Å². The number of nitrogens with zero attached hydrogens (tertiary/aromatic N) is 2. The van der Waals surface area contributed by atoms with Gasteiger partial charge in [-0.15, -0.1) is 10.2 Å². The first-order valence-corrected chi connectivity index (χ1v) is 8.95. The molecule has 4 nitrogen and oxygen atoms in total. The van der Waals surface area contributed by atoms with Gasteiger partial charge in [0.1, 0.15) is 6.29 Å². The zero-order valence-electron chi connectivity index (χ0n) is 14.9. The van der Waals surface area contributed by atoms with Crippen molar-refractivity contribution in [2.24, 2.45) is 0 Å². The van der Waals surface area contributed by atoms with Crippen LogP contribution in [0.2, 0.25) is 0 Å². The minimum atomic E-state index is 0.453. The fourth-order valence-electron chi connectivity index (χ4n) is 2.78. The molecule has 3 rings (SSSR count). The summed E-state index contributed by atoms with van der Waals surface area (Å²) in [6.45, 7) is 2.20. The number of aromatic nitrogens is 2. The topological polar surface area (TPSA) is 56.0 Å². The summed E-state index contributed by atoms with van der Waals surface area (Å²) in [5, 5.41) is 8.30. The van der Waals surface area contributed by atoms with E-state index in [-0.39, 0.29) is 0 Å². The maximum Gasteiger partial charge on any atom is 0.248 e. The second-order valence-electron chi connectivity index (χ2n) is 6.18. The van der Waals surface area contributed by atoms with Crippen molar-refractivity contribution in [2.45, 2.75) is 32.6 Å². The summed E-state index contributed by atoms with van der Waals surface area (Å²) in [5.74, 6) is 0.949. The van der Waals surface area contributed by atoms with Crippen LogP contribution in [-0.2, 0) is 0 Å². The summed E-state index contributed by atoms with van der Waals surface area (Å²) in [4.78, 5) is 10.8. The van der Waals surface area contributed by atoms with Crippen molar-refractivity contribution in [1.29, 1.82) is 0 Å². The molecule has 0 bridgehead atoms. The Balaban J connectivity index is 1.85. The first-order chi connectivity index (χ1) is 12.8. The van der Waals surface area contributed by atoms with Gasteiger partial charge in [-0.3, -0.25) is 4.79 Å². The molecule has 0 saturated carbocycles. The standard InChI is InChI=1S/C22H22N2O2/c1-2-3-5-10-20(18-8-6-4-7-9-18)15-21-23-24-22(26-21)19-13-11-17(16-25)12-14-19/h4,6-9,11-16H,2-3,5,10H2,1H3/b20-15+. The molecule has 0 fully saturated rings. The van der Waals surface area contributed by atoms with Crippen molar-refractivity contribution < 1.29 is 9.21 Å². The van der Waals surface area contributed by atoms with Crippen molar-refractivity contribution in [3.05, 3.63) is 71.6 Å². The predicted molar refractivity (Wildman–Crippen MR) is 104 cm³/mol. The van der Waals surface area contributed by atoms with Gasteiger partial charge in [0, 0.05) is 17.2 Å². The van der Waals surface area contributed by atoms with Crippen molar-refractivity contribution in [3.8, 4) is 11.5 Å². The van der Waals surface area contributed by atoms with Gasteiger partial charge in [0.2, 0.25) is 11.8 Å². The van der Waals surface area contributed by atoms with Crippen LogP contribution in [-0.4, -0.2) is 16.5 Å². The molecule has 0 amide bonds. The minimum absolute atomic E-state index is 0.453. The number of allylic oxidation sites excluding steroid dienone is 1. The summed E-state index contributed by atoms with van der Waals surface area (Å²) in [7, 11) is 0. The summed E-state index contributed by atoms with van der Waals surface area (Å²) in [5.41, 5.74) is 3.80. The number of carbonyl (C=O) groups is 1. The van der Waals surface area contributed by atoms with Gasteiger partial charge in [-0.1, -0.05) is 62.2 Å². The second-order valence-corrected chi connectivity index (χ2v) is 6.18. The van der Waals surface area contributed by atoms with Crippen LogP contribution in [0.3, 0.4) is 0 Å². The number of hydrogen-bond donors (Lipinski definition) is 0. The molecule has 3 aromatic rings. The molecular formula is C22H22N2O2. The molecule has 4 heteroatoms. The number of hydrogen-bond acceptors (Lipinski definition) is 4. The molecule has 0 spiro atoms. The Bertz CT molecular complexity index is 865. The highest BCUT2D eigenvalue weighted by atomic mass is 16.4. The lowest BCUT2D eigenvalue weighted by atomic mass is 9.99. The van der Waals surface area contributed by atoms with E-state index in [2.05, 4.69) is 29.3 Å². The Morgan fingerprint density at radius 3 is 2.46 bits per heavy atom. The Hall–Kier alpha value is -3.01. The minimum Gasteiger partial charge on any atom is -0.417 e. The normalized spacial score (nSPS) is 11.5. The van der Waals surface area contributed by atoms with E-state index < -0.39 is 0 Å². The van der Waals surface area contributed by atoms with Gasteiger partial charge in [-0.25, -0.2) is 0 Å². The fraction of sp³-hybridized carbons (Fsp3) is 0.227. The van der Waals surface area contributed by atoms with Crippen LogP contribution in [0.15, 0.2) is 59.0 Å². The molecule has 0 radical (unpaired) electrons. The van der Waals surface area contributed by atoms with E-state index in [1.807, 2.05) is 36.4 Å². The van der Waals surface area contributed by atoms with E-state index >= 15 is 0 Å². The van der Waals surface area contributed by atoms with Crippen molar-refractivity contribution in [3.63, 3.8) is 0 Å². The molecule has 0 unspecified atom stereocenters. The highest BCUT2D eigenvalue weighted by Gasteiger charge is 2.09. The number of unbranched alkanes of at least 4 members (excludes halogenated alkanes) is 2. The Morgan fingerprint density at radius 1 is 1.00 bits per heavy atom. The zero-order chi connectivity index (χ0) is 18.2. The molecule has 2 aromatic carbocycles. The average molecular weight is 346 g/mol. The second kappa shape index (κ2) is 8.90. The molecule has 1 aromatic heterocycles. The van der Waals surface area contributed by atoms with E-state index in [1.165, 1.54) is 24.0 Å². The first-order valence-electron chi connectivity index (χ1n) is 8.95. The molecule has 0 aliphatic heterocycles. The predicted octanol–water partition coefficient (Wildman–Crippen LogP) is 5.67. The van der Waals surface area contributed by atoms with Crippen LogP contribution < -0.4 is 0 Å². The molecule has 26 heavy (non-hydrogen) atoms. The van der Waals surface area contributed by atoms with Gasteiger partial charge in [-0.2, -0.15) is 0 Å². The third-order valence-corrected chi connectivity index (χ3v) is 4.23. The number of rotatable bonds is 8. The van der Waals surface area contributed by atoms with Crippen LogP contribution >= 0.6 is 0 Å². The van der Waals surface area contributed by atoms with E-state index in [1.54, 1.807) is 12.1 Å². The quantitative estimate of drug-likeness (QED) is 0.389. The van der Waals surface area contributed by atoms with E-state index in [9.17, 15) is 4.79 Å². The van der Waals surface area contributed by atoms with Gasteiger partial charge in [0.05, 0.1) is 0 Å². The lowest BCUT2D eigenvalue weighted by Crippen LogP contribution is -1.86. The van der Waals surface area contributed by atoms with Gasteiger partial charge in [0.15, 0.2) is 0 Å². The van der Waals surface area contributed by atoms with Crippen LogP contribution in [0.25, 0.3) is 23.1 Å². The molecule has 0 aliphatic carbocycles. The van der Waals surface area contributed by atoms with E-state index in [4.69, 9.17) is 4.42 Å². The molecule has 132 valence electrons. The maximum absolute atomic E-state index is 10.8. The van der Waals surface area contributed by atoms with Crippen molar-refractivity contribution in [1.82, 2.24) is 10.2 Å². The fourth-order valence-corrected chi connectivity index (χ4v) is 2.78. The Morgan fingerprint density at radius 2 is 1.77 bits per heavy atom. The van der Waals surface area contributed by atoms with Crippen molar-refractivity contribution >= 4 is 17.9 Å². The highest BCUT2D eigenvalue weighted by molar-refractivity contribution is 5.79. The monoisotopic (exact) mass is 346 g/mol. The highest BCUT2D eigenvalue weighted by Crippen LogP contribution is 2.25. The third kappa shape index (κ3) is 4.54. The van der Waals surface area contributed by atoms with Crippen LogP contribution in [0.4, 0.5) is 0 Å². The smallest absolute Gasteiger partial charge is 0.248 e. The summed E-state index contributed by atoms with van der Waals surface area (Å²) in [6, 6.07) is 17.4. The molecule has 0 atom stereocenters. The number of benzene rings is 2. The summed E-state index contributed by atoms with van der Waals surface area (Å²) >= 11 is 0. The molecular weight excluding hydrogens is 324 g/mol. The van der Waals surface area contributed by atoms with Gasteiger partial charge < -0.3 is 4.42 Å². The Labute approximate surface area is 153 Å². The molecule has 1 heterocycles. The van der Waals surface area contributed by atoms with E-state index in [0.29, 0.717) is 17.3 Å². The lowest BCUT2D eigenvalue weighted by molar-refractivity contribution is 0.112. The number of aldehydes is 1. The molecule has 0 aliphatic rings. The third-order valence-electron chi connectivity index (χ3n) is 4.23. The van der Waals surface area contributed by atoms with Crippen LogP contribution in [0.1, 0.15) is 54.4 Å². The van der Waals surface area contributed by atoms with Gasteiger partial charge in [-0.05, 0) is 36.1 Å². The largest absolute Gasteiger partial charge is 0.417 e. The van der Waals surface area contributed by atoms with Crippen LogP contribution in [0, 0.1) is 0 Å². The van der Waals surface area contributed by atoms with Crippen molar-refractivity contribution in [2.75, 3.05) is 0 Å². The average Bonchev–Trinajstić information content (AvgIpc) is 3.17. The van der Waals surface area contributed by atoms with Gasteiger partial charge in [0.25, 0.3) is 0 Å². The molecule has 0 N–H and O–H groups in total. The summed E-state index contributed by atoms with van der Waals surface area (Å²) < 4.78 is 5.81. The SMILES string of the molecule is CCCCC/C(=C\c1nnc(-c2ccc(C=O)cc2)o1)c1ccccc1. The number of carbonyl (C=O) groups excluding carboxylic acids is 1. The Kier molecular flexibility index (Phi) is 6.09. The molecule has 0 saturated heterocycles. The lowest BCUT2D eigenvalue weighted by Gasteiger charge is -2.06. The van der Waals surface area contributed by atoms with Crippen LogP contribution in [0.5, 0.6) is 0 Å². The zero-order valence-corrected chi connectivity index (χ0v) is 14.9. The summed E-state index contributed by atoms with van der Waals surface area (Å²) in [6.07, 6.45) is 7.27. The van der Waals surface area contributed by atoms with Gasteiger partial charge >= 0.3 is 0 Å². The maximum atomic E-state index is 10.8.